The Labute approximate surface area is 166 Å². The highest BCUT2D eigenvalue weighted by molar-refractivity contribution is 7.92. The summed E-state index contributed by atoms with van der Waals surface area (Å²) in [6, 6.07) is 15.6. The van der Waals surface area contributed by atoms with E-state index in [2.05, 4.69) is 5.32 Å². The number of hydrogen-bond acceptors (Lipinski definition) is 4. The first-order chi connectivity index (χ1) is 13.3. The Morgan fingerprint density at radius 2 is 1.71 bits per heavy atom. The van der Waals surface area contributed by atoms with Gasteiger partial charge in [-0.3, -0.25) is 9.10 Å². The Morgan fingerprint density at radius 1 is 1.07 bits per heavy atom. The van der Waals surface area contributed by atoms with E-state index in [1.165, 1.54) is 10.6 Å². The zero-order valence-corrected chi connectivity index (χ0v) is 16.7. The van der Waals surface area contributed by atoms with Gasteiger partial charge in [0.25, 0.3) is 5.91 Å². The molecule has 0 saturated heterocycles. The summed E-state index contributed by atoms with van der Waals surface area (Å²) >= 11 is 0. The molecule has 1 aliphatic carbocycles. The van der Waals surface area contributed by atoms with Gasteiger partial charge in [0.2, 0.25) is 10.0 Å². The Hall–Kier alpha value is -2.38. The molecule has 150 valence electrons. The molecule has 2 atom stereocenters. The van der Waals surface area contributed by atoms with E-state index in [9.17, 15) is 18.3 Å². The van der Waals surface area contributed by atoms with E-state index in [0.717, 1.165) is 24.8 Å². The average Bonchev–Trinajstić information content (AvgIpc) is 2.68. The molecule has 1 amide bonds. The number of carbonyl (C=O) groups is 1. The van der Waals surface area contributed by atoms with Crippen LogP contribution in [0.4, 0.5) is 5.69 Å². The number of amides is 1. The highest BCUT2D eigenvalue weighted by atomic mass is 32.2. The number of anilines is 1. The molecule has 0 bridgehead atoms. The number of nitrogens with zero attached hydrogens (tertiary/aromatic N) is 1. The van der Waals surface area contributed by atoms with E-state index in [4.69, 9.17) is 0 Å². The minimum Gasteiger partial charge on any atom is -0.391 e. The fourth-order valence-corrected chi connectivity index (χ4v) is 4.34. The zero-order valence-electron chi connectivity index (χ0n) is 15.9. The lowest BCUT2D eigenvalue weighted by Gasteiger charge is -2.28. The first-order valence-corrected chi connectivity index (χ1v) is 11.3. The number of para-hydroxylation sites is 1. The van der Waals surface area contributed by atoms with E-state index >= 15 is 0 Å². The van der Waals surface area contributed by atoms with Crippen molar-refractivity contribution >= 4 is 21.6 Å². The first kappa shape index (κ1) is 20.4. The van der Waals surface area contributed by atoms with Crippen LogP contribution in [0.25, 0.3) is 0 Å². The average molecular weight is 403 g/mol. The van der Waals surface area contributed by atoms with E-state index in [1.54, 1.807) is 48.5 Å². The predicted molar refractivity (Wildman–Crippen MR) is 110 cm³/mol. The van der Waals surface area contributed by atoms with Crippen molar-refractivity contribution in [3.8, 4) is 0 Å². The van der Waals surface area contributed by atoms with Gasteiger partial charge in [0.15, 0.2) is 0 Å². The molecule has 2 N–H and O–H groups in total. The van der Waals surface area contributed by atoms with Crippen LogP contribution in [0.3, 0.4) is 0 Å². The summed E-state index contributed by atoms with van der Waals surface area (Å²) in [4.78, 5) is 12.4. The number of hydrogen-bond donors (Lipinski definition) is 2. The molecule has 0 aliphatic heterocycles. The maximum Gasteiger partial charge on any atom is 0.251 e. The van der Waals surface area contributed by atoms with Crippen LogP contribution < -0.4 is 9.62 Å². The van der Waals surface area contributed by atoms with Crippen molar-refractivity contribution in [2.75, 3.05) is 10.6 Å². The molecule has 1 saturated carbocycles. The van der Waals surface area contributed by atoms with Crippen molar-refractivity contribution in [1.82, 2.24) is 5.32 Å². The Balaban J connectivity index is 1.70. The van der Waals surface area contributed by atoms with E-state index < -0.39 is 16.1 Å². The summed E-state index contributed by atoms with van der Waals surface area (Å²) in [6.07, 6.45) is 4.17. The van der Waals surface area contributed by atoms with Crippen LogP contribution >= 0.6 is 0 Å². The van der Waals surface area contributed by atoms with Crippen LogP contribution in [0.2, 0.25) is 0 Å². The normalized spacial score (nSPS) is 19.8. The molecule has 0 unspecified atom stereocenters. The molecule has 6 nitrogen and oxygen atoms in total. The molecule has 2 aromatic carbocycles. The fourth-order valence-electron chi connectivity index (χ4n) is 3.45. The molecule has 0 aromatic heterocycles. The Morgan fingerprint density at radius 3 is 2.32 bits per heavy atom. The van der Waals surface area contributed by atoms with Gasteiger partial charge in [0, 0.05) is 5.56 Å². The quantitative estimate of drug-likeness (QED) is 0.778. The fraction of sp³-hybridized carbons (Fsp3) is 0.381. The van der Waals surface area contributed by atoms with E-state index in [0.29, 0.717) is 17.7 Å². The summed E-state index contributed by atoms with van der Waals surface area (Å²) in [5.41, 5.74) is 1.87. The van der Waals surface area contributed by atoms with E-state index in [1.807, 2.05) is 6.07 Å². The lowest BCUT2D eigenvalue weighted by molar-refractivity contribution is 0.0717. The molecular weight excluding hydrogens is 376 g/mol. The topological polar surface area (TPSA) is 86.7 Å². The second-order valence-electron chi connectivity index (χ2n) is 7.23. The molecule has 3 rings (SSSR count). The maximum absolute atomic E-state index is 12.4. The van der Waals surface area contributed by atoms with Crippen LogP contribution in [-0.2, 0) is 16.6 Å². The summed E-state index contributed by atoms with van der Waals surface area (Å²) < 4.78 is 25.7. The molecule has 0 heterocycles. The zero-order chi connectivity index (χ0) is 20.1. The molecule has 0 radical (unpaired) electrons. The number of aliphatic hydroxyl groups excluding tert-OH is 1. The third-order valence-electron chi connectivity index (χ3n) is 5.03. The largest absolute Gasteiger partial charge is 0.391 e. The van der Waals surface area contributed by atoms with Gasteiger partial charge in [-0.25, -0.2) is 8.42 Å². The second-order valence-corrected chi connectivity index (χ2v) is 9.14. The number of nitrogens with one attached hydrogen (secondary N) is 1. The van der Waals surface area contributed by atoms with Crippen LogP contribution in [-0.4, -0.2) is 37.8 Å². The summed E-state index contributed by atoms with van der Waals surface area (Å²) in [5.74, 6) is -0.222. The lowest BCUT2D eigenvalue weighted by Crippen LogP contribution is -2.45. The molecule has 7 heteroatoms. The van der Waals surface area contributed by atoms with Gasteiger partial charge in [-0.2, -0.15) is 0 Å². The molecule has 2 aromatic rings. The minimum absolute atomic E-state index is 0.187. The van der Waals surface area contributed by atoms with Crippen molar-refractivity contribution in [3.05, 3.63) is 65.7 Å². The Kier molecular flexibility index (Phi) is 6.36. The standard InChI is InChI=1S/C21H26N2O4S/c1-28(26,27)23(18-7-3-2-4-8-18)15-16-11-13-17(14-12-16)21(25)22-19-9-5-6-10-20(19)24/h2-4,7-8,11-14,19-20,24H,5-6,9-10,15H2,1H3,(H,22,25)/t19-,20-/m0/s1. The highest BCUT2D eigenvalue weighted by Gasteiger charge is 2.25. The van der Waals surface area contributed by atoms with Gasteiger partial charge < -0.3 is 10.4 Å². The molecule has 0 spiro atoms. The smallest absolute Gasteiger partial charge is 0.251 e. The van der Waals surface area contributed by atoms with Gasteiger partial charge in [-0.05, 0) is 42.7 Å². The molecule has 28 heavy (non-hydrogen) atoms. The van der Waals surface area contributed by atoms with Crippen molar-refractivity contribution in [1.29, 1.82) is 0 Å². The molecular formula is C21H26N2O4S. The third-order valence-corrected chi connectivity index (χ3v) is 6.17. The number of sulfonamides is 1. The summed E-state index contributed by atoms with van der Waals surface area (Å²) in [5, 5.41) is 12.9. The highest BCUT2D eigenvalue weighted by Crippen LogP contribution is 2.21. The predicted octanol–water partition coefficient (Wildman–Crippen LogP) is 2.69. The second kappa shape index (κ2) is 8.75. The van der Waals surface area contributed by atoms with Gasteiger partial charge in [0.05, 0.1) is 30.6 Å². The van der Waals surface area contributed by atoms with Gasteiger partial charge in [-0.15, -0.1) is 0 Å². The SMILES string of the molecule is CS(=O)(=O)N(Cc1ccc(C(=O)N[C@H]2CCCC[C@@H]2O)cc1)c1ccccc1. The summed E-state index contributed by atoms with van der Waals surface area (Å²) in [6.45, 7) is 0.187. The van der Waals surface area contributed by atoms with E-state index in [-0.39, 0.29) is 18.5 Å². The number of carbonyl (C=O) groups excluding carboxylic acids is 1. The van der Waals surface area contributed by atoms with Gasteiger partial charge in [0.1, 0.15) is 0 Å². The van der Waals surface area contributed by atoms with Crippen molar-refractivity contribution in [2.24, 2.45) is 0 Å². The van der Waals surface area contributed by atoms with Crippen LogP contribution in [0.15, 0.2) is 54.6 Å². The lowest BCUT2D eigenvalue weighted by atomic mass is 9.92. The number of aliphatic hydroxyl groups is 1. The third kappa shape index (κ3) is 5.11. The number of benzene rings is 2. The van der Waals surface area contributed by atoms with Gasteiger partial charge in [-0.1, -0.05) is 43.2 Å². The minimum atomic E-state index is -3.44. The number of rotatable bonds is 6. The summed E-state index contributed by atoms with van der Waals surface area (Å²) in [7, 11) is -3.44. The molecule has 1 fully saturated rings. The van der Waals surface area contributed by atoms with Crippen LogP contribution in [0.5, 0.6) is 0 Å². The van der Waals surface area contributed by atoms with Crippen molar-refractivity contribution < 1.29 is 18.3 Å². The maximum atomic E-state index is 12.4. The first-order valence-electron chi connectivity index (χ1n) is 9.45. The monoisotopic (exact) mass is 402 g/mol. The van der Waals surface area contributed by atoms with Crippen LogP contribution in [0, 0.1) is 0 Å². The molecule has 1 aliphatic rings. The van der Waals surface area contributed by atoms with Crippen molar-refractivity contribution in [2.45, 2.75) is 44.4 Å². The van der Waals surface area contributed by atoms with Gasteiger partial charge >= 0.3 is 0 Å². The van der Waals surface area contributed by atoms with Crippen LogP contribution in [0.1, 0.15) is 41.6 Å². The Bertz CT molecular complexity index is 898. The van der Waals surface area contributed by atoms with Crippen molar-refractivity contribution in [3.63, 3.8) is 0 Å².